The van der Waals surface area contributed by atoms with Crippen LogP contribution in [0.25, 0.3) is 0 Å². The van der Waals surface area contributed by atoms with Crippen molar-refractivity contribution in [2.75, 3.05) is 7.11 Å². The summed E-state index contributed by atoms with van der Waals surface area (Å²) < 4.78 is 4.55. The number of rotatable bonds is 1. The van der Waals surface area contributed by atoms with Crippen molar-refractivity contribution in [3.05, 3.63) is 0 Å². The second kappa shape index (κ2) is 3.99. The average molecular weight is 185 g/mol. The Labute approximate surface area is 79.8 Å². The van der Waals surface area contributed by atoms with Crippen LogP contribution in [0.5, 0.6) is 0 Å². The van der Waals surface area contributed by atoms with Crippen molar-refractivity contribution in [1.29, 1.82) is 0 Å². The molecule has 1 fully saturated rings. The molecule has 0 atom stereocenters. The van der Waals surface area contributed by atoms with Crippen molar-refractivity contribution in [2.24, 2.45) is 5.41 Å². The van der Waals surface area contributed by atoms with E-state index in [0.717, 1.165) is 12.8 Å². The summed E-state index contributed by atoms with van der Waals surface area (Å²) in [5, 5.41) is 2.85. The monoisotopic (exact) mass is 185 g/mol. The zero-order chi connectivity index (χ0) is 9.90. The standard InChI is InChI=1S/C10H19NO2/c1-10(2)6-4-8(5-7-10)11-9(12)13-3/h8H,4-7H2,1-3H3,(H,11,12). The Bertz CT molecular complexity index is 179. The predicted molar refractivity (Wildman–Crippen MR) is 51.6 cm³/mol. The summed E-state index contributed by atoms with van der Waals surface area (Å²) in [5.41, 5.74) is 0.453. The molecule has 1 amide bonds. The van der Waals surface area contributed by atoms with Gasteiger partial charge in [0.05, 0.1) is 7.11 Å². The van der Waals surface area contributed by atoms with E-state index in [2.05, 4.69) is 23.9 Å². The van der Waals surface area contributed by atoms with Crippen LogP contribution >= 0.6 is 0 Å². The molecule has 0 bridgehead atoms. The average Bonchev–Trinajstić information content (AvgIpc) is 2.08. The van der Waals surface area contributed by atoms with Crippen molar-refractivity contribution in [3.63, 3.8) is 0 Å². The second-order valence-electron chi connectivity index (χ2n) is 4.57. The number of hydrogen-bond donors (Lipinski definition) is 1. The van der Waals surface area contributed by atoms with E-state index in [1.807, 2.05) is 0 Å². The Balaban J connectivity index is 2.29. The Morgan fingerprint density at radius 3 is 2.38 bits per heavy atom. The molecule has 13 heavy (non-hydrogen) atoms. The first-order valence-electron chi connectivity index (χ1n) is 4.88. The van der Waals surface area contributed by atoms with Gasteiger partial charge < -0.3 is 10.1 Å². The molecule has 1 aliphatic rings. The molecule has 0 spiro atoms. The first kappa shape index (κ1) is 10.4. The zero-order valence-corrected chi connectivity index (χ0v) is 8.72. The largest absolute Gasteiger partial charge is 0.453 e. The van der Waals surface area contributed by atoms with Gasteiger partial charge in [0.2, 0.25) is 0 Å². The molecule has 3 nitrogen and oxygen atoms in total. The van der Waals surface area contributed by atoms with E-state index in [1.165, 1.54) is 20.0 Å². The molecule has 0 saturated heterocycles. The van der Waals surface area contributed by atoms with Gasteiger partial charge >= 0.3 is 6.09 Å². The number of methoxy groups -OCH3 is 1. The van der Waals surface area contributed by atoms with Crippen LogP contribution in [0.15, 0.2) is 0 Å². The summed E-state index contributed by atoms with van der Waals surface area (Å²) in [6.07, 6.45) is 4.21. The first-order chi connectivity index (χ1) is 6.03. The number of nitrogens with one attached hydrogen (secondary N) is 1. The van der Waals surface area contributed by atoms with Gasteiger partial charge in [-0.15, -0.1) is 0 Å². The molecule has 0 heterocycles. The van der Waals surface area contributed by atoms with E-state index in [9.17, 15) is 4.79 Å². The van der Waals surface area contributed by atoms with E-state index in [1.54, 1.807) is 0 Å². The van der Waals surface area contributed by atoms with Gasteiger partial charge in [0.1, 0.15) is 0 Å². The molecule has 0 radical (unpaired) electrons. The highest BCUT2D eigenvalue weighted by molar-refractivity contribution is 5.67. The van der Waals surface area contributed by atoms with E-state index < -0.39 is 0 Å². The third-order valence-corrected chi connectivity index (χ3v) is 2.85. The smallest absolute Gasteiger partial charge is 0.407 e. The van der Waals surface area contributed by atoms with E-state index >= 15 is 0 Å². The van der Waals surface area contributed by atoms with Crippen molar-refractivity contribution >= 4 is 6.09 Å². The molecule has 1 aliphatic carbocycles. The summed E-state index contributed by atoms with van der Waals surface area (Å²) >= 11 is 0. The Kier molecular flexibility index (Phi) is 3.17. The van der Waals surface area contributed by atoms with Crippen molar-refractivity contribution in [2.45, 2.75) is 45.6 Å². The minimum Gasteiger partial charge on any atom is -0.453 e. The van der Waals surface area contributed by atoms with Crippen molar-refractivity contribution in [1.82, 2.24) is 5.32 Å². The van der Waals surface area contributed by atoms with Crippen LogP contribution in [0.4, 0.5) is 4.79 Å². The molecule has 1 N–H and O–H groups in total. The topological polar surface area (TPSA) is 38.3 Å². The van der Waals surface area contributed by atoms with E-state index in [4.69, 9.17) is 0 Å². The van der Waals surface area contributed by atoms with Gasteiger partial charge in [0.25, 0.3) is 0 Å². The van der Waals surface area contributed by atoms with Gasteiger partial charge in [-0.05, 0) is 31.1 Å². The van der Waals surface area contributed by atoms with Crippen LogP contribution in [0, 0.1) is 5.41 Å². The summed E-state index contributed by atoms with van der Waals surface area (Å²) in [5.74, 6) is 0. The van der Waals surface area contributed by atoms with Gasteiger partial charge in [-0.1, -0.05) is 13.8 Å². The van der Waals surface area contributed by atoms with Gasteiger partial charge in [-0.25, -0.2) is 4.79 Å². The lowest BCUT2D eigenvalue weighted by molar-refractivity contribution is 0.152. The number of carbonyl (C=O) groups excluding carboxylic acids is 1. The molecule has 1 rings (SSSR count). The summed E-state index contributed by atoms with van der Waals surface area (Å²) in [4.78, 5) is 10.9. The van der Waals surface area contributed by atoms with Crippen LogP contribution in [0.3, 0.4) is 0 Å². The fourth-order valence-corrected chi connectivity index (χ4v) is 1.77. The van der Waals surface area contributed by atoms with Gasteiger partial charge in [-0.3, -0.25) is 0 Å². The van der Waals surface area contributed by atoms with Gasteiger partial charge in [0.15, 0.2) is 0 Å². The first-order valence-corrected chi connectivity index (χ1v) is 4.88. The minimum absolute atomic E-state index is 0.301. The van der Waals surface area contributed by atoms with Gasteiger partial charge in [-0.2, -0.15) is 0 Å². The SMILES string of the molecule is COC(=O)NC1CCC(C)(C)CC1. The number of hydrogen-bond acceptors (Lipinski definition) is 2. The quantitative estimate of drug-likeness (QED) is 0.680. The van der Waals surface area contributed by atoms with Crippen LogP contribution < -0.4 is 5.32 Å². The van der Waals surface area contributed by atoms with Crippen LogP contribution in [0.1, 0.15) is 39.5 Å². The maximum atomic E-state index is 10.9. The highest BCUT2D eigenvalue weighted by atomic mass is 16.5. The molecule has 3 heteroatoms. The number of amides is 1. The van der Waals surface area contributed by atoms with E-state index in [-0.39, 0.29) is 6.09 Å². The lowest BCUT2D eigenvalue weighted by atomic mass is 9.76. The van der Waals surface area contributed by atoms with Crippen LogP contribution in [0.2, 0.25) is 0 Å². The van der Waals surface area contributed by atoms with E-state index in [0.29, 0.717) is 11.5 Å². The predicted octanol–water partition coefficient (Wildman–Crippen LogP) is 2.31. The molecule has 0 aromatic rings. The molecule has 76 valence electrons. The lowest BCUT2D eigenvalue weighted by Gasteiger charge is -2.34. The maximum absolute atomic E-state index is 10.9. The summed E-state index contributed by atoms with van der Waals surface area (Å²) in [7, 11) is 1.40. The second-order valence-corrected chi connectivity index (χ2v) is 4.57. The number of ether oxygens (including phenoxy) is 1. The lowest BCUT2D eigenvalue weighted by Crippen LogP contribution is -2.39. The molecular weight excluding hydrogens is 166 g/mol. The third-order valence-electron chi connectivity index (χ3n) is 2.85. The van der Waals surface area contributed by atoms with Crippen LogP contribution in [-0.2, 0) is 4.74 Å². The Morgan fingerprint density at radius 1 is 1.38 bits per heavy atom. The fraction of sp³-hybridized carbons (Fsp3) is 0.900. The molecule has 0 aromatic carbocycles. The molecule has 1 saturated carbocycles. The molecule has 0 aromatic heterocycles. The normalized spacial score (nSPS) is 22.4. The Morgan fingerprint density at radius 2 is 1.92 bits per heavy atom. The highest BCUT2D eigenvalue weighted by Crippen LogP contribution is 2.34. The molecule has 0 unspecified atom stereocenters. The maximum Gasteiger partial charge on any atom is 0.407 e. The highest BCUT2D eigenvalue weighted by Gasteiger charge is 2.27. The molecular formula is C10H19NO2. The third kappa shape index (κ3) is 3.25. The van der Waals surface area contributed by atoms with Crippen LogP contribution in [-0.4, -0.2) is 19.2 Å². The van der Waals surface area contributed by atoms with Crippen molar-refractivity contribution in [3.8, 4) is 0 Å². The Hall–Kier alpha value is -0.730. The summed E-state index contributed by atoms with van der Waals surface area (Å²) in [6, 6.07) is 0.320. The molecule has 0 aliphatic heterocycles. The minimum atomic E-state index is -0.301. The number of carbonyl (C=O) groups is 1. The fourth-order valence-electron chi connectivity index (χ4n) is 1.77. The summed E-state index contributed by atoms with van der Waals surface area (Å²) in [6.45, 7) is 4.56. The number of alkyl carbamates (subject to hydrolysis) is 1. The zero-order valence-electron chi connectivity index (χ0n) is 8.72. The van der Waals surface area contributed by atoms with Gasteiger partial charge in [0, 0.05) is 6.04 Å². The van der Waals surface area contributed by atoms with Crippen molar-refractivity contribution < 1.29 is 9.53 Å².